The fourth-order valence-corrected chi connectivity index (χ4v) is 10.0. The van der Waals surface area contributed by atoms with Gasteiger partial charge in [-0.25, -0.2) is 9.78 Å². The fraction of sp³-hybridized carbons (Fsp3) is 0.455. The summed E-state index contributed by atoms with van der Waals surface area (Å²) in [6.07, 6.45) is 0.548. The molecule has 5 atom stereocenters. The van der Waals surface area contributed by atoms with E-state index in [0.29, 0.717) is 17.1 Å². The molecule has 59 heavy (non-hydrogen) atoms. The molecule has 2 aromatic heterocycles. The van der Waals surface area contributed by atoms with E-state index in [2.05, 4.69) is 15.8 Å². The molecule has 0 radical (unpaired) electrons. The highest BCUT2D eigenvalue weighted by Crippen LogP contribution is 2.59. The molecule has 15 heteroatoms. The van der Waals surface area contributed by atoms with Gasteiger partial charge >= 0.3 is 6.03 Å². The highest BCUT2D eigenvalue weighted by atomic mass is 28.4. The third kappa shape index (κ3) is 7.22. The lowest BCUT2D eigenvalue weighted by Gasteiger charge is -2.56. The minimum absolute atomic E-state index is 0.0265. The molecule has 7 rings (SSSR count). The monoisotopic (exact) mass is 822 g/mol. The minimum atomic E-state index is -2.97. The van der Waals surface area contributed by atoms with Crippen molar-refractivity contribution in [3.05, 3.63) is 94.2 Å². The van der Waals surface area contributed by atoms with Crippen molar-refractivity contribution < 1.29 is 37.6 Å². The van der Waals surface area contributed by atoms with Gasteiger partial charge in [0.25, 0.3) is 5.88 Å². The van der Waals surface area contributed by atoms with Crippen molar-refractivity contribution in [2.45, 2.75) is 76.6 Å². The standard InChI is InChI=1S/C44H54N6O8Si/c1-43(2,3)59(9,10)58-44-29(33(49(5)6)35-32(38(44)53)41(48-57-35)56-24-26-19-15-12-16-20-26)22-27-21-28-31(34(51)30(27)37(44)52)36(55-23-25-17-13-11-14-18-25)39(47-42(54)45-4)46-40(28)50(7)8/h11-20,27,29-30,33H,21-24H2,1-10H3,(H2,45,46,47,54)/t27-,29-,30?,33-,44-/m0/s1. The van der Waals surface area contributed by atoms with Gasteiger partial charge in [0.15, 0.2) is 42.8 Å². The first-order valence-electron chi connectivity index (χ1n) is 20.0. The lowest BCUT2D eigenvalue weighted by atomic mass is 9.54. The van der Waals surface area contributed by atoms with E-state index in [1.807, 2.05) is 128 Å². The summed E-state index contributed by atoms with van der Waals surface area (Å²) in [6, 6.07) is 17.7. The van der Waals surface area contributed by atoms with E-state index in [4.69, 9.17) is 23.4 Å². The van der Waals surface area contributed by atoms with Crippen molar-refractivity contribution in [3.63, 3.8) is 0 Å². The number of fused-ring (bicyclic) bond motifs is 4. The van der Waals surface area contributed by atoms with E-state index in [1.165, 1.54) is 7.05 Å². The van der Waals surface area contributed by atoms with E-state index in [9.17, 15) is 4.79 Å². The number of hydrogen-bond donors (Lipinski definition) is 2. The highest BCUT2D eigenvalue weighted by Gasteiger charge is 2.70. The van der Waals surface area contributed by atoms with Gasteiger partial charge in [-0.3, -0.25) is 24.6 Å². The van der Waals surface area contributed by atoms with Crippen LogP contribution in [0.2, 0.25) is 18.1 Å². The highest BCUT2D eigenvalue weighted by molar-refractivity contribution is 6.74. The number of Topliss-reactive ketones (excluding diaryl/α,β-unsaturated/α-hetero) is 3. The number of ether oxygens (including phenoxy) is 2. The number of ketones is 3. The molecule has 2 amide bonds. The molecule has 0 spiro atoms. The summed E-state index contributed by atoms with van der Waals surface area (Å²) < 4.78 is 25.9. The van der Waals surface area contributed by atoms with Crippen LogP contribution in [0.1, 0.15) is 76.4 Å². The first kappa shape index (κ1) is 41.8. The zero-order valence-corrected chi connectivity index (χ0v) is 36.5. The van der Waals surface area contributed by atoms with Crippen molar-refractivity contribution in [2.24, 2.45) is 17.8 Å². The van der Waals surface area contributed by atoms with Crippen LogP contribution in [0.15, 0.2) is 65.2 Å². The summed E-state index contributed by atoms with van der Waals surface area (Å²) in [7, 11) is 5.86. The minimum Gasteiger partial charge on any atom is -0.484 e. The van der Waals surface area contributed by atoms with E-state index in [-0.39, 0.29) is 54.6 Å². The summed E-state index contributed by atoms with van der Waals surface area (Å²) in [5.41, 5.74) is 0.381. The first-order valence-corrected chi connectivity index (χ1v) is 22.9. The van der Waals surface area contributed by atoms with Crippen LogP contribution in [0.4, 0.5) is 16.4 Å². The second-order valence-corrected chi connectivity index (χ2v) is 22.4. The van der Waals surface area contributed by atoms with Crippen molar-refractivity contribution >= 4 is 43.3 Å². The SMILES string of the molecule is CNC(=O)Nc1nc(N(C)C)c2c(c1OCc1ccccc1)C(=O)C1C(=O)[C@]3(O[Si](C)(C)C(C)(C)C)C(=O)c4c(OCc5ccccc5)noc4[C@@H](N(C)C)[C@@H]3C[C@@H]1C2. The van der Waals surface area contributed by atoms with Crippen LogP contribution in [0.3, 0.4) is 0 Å². The Labute approximate surface area is 346 Å². The molecule has 1 saturated carbocycles. The largest absolute Gasteiger partial charge is 0.484 e. The number of aromatic nitrogens is 2. The molecule has 0 saturated heterocycles. The van der Waals surface area contributed by atoms with Gasteiger partial charge in [0.05, 0.1) is 17.5 Å². The Bertz CT molecular complexity index is 2270. The van der Waals surface area contributed by atoms with Gasteiger partial charge in [-0.2, -0.15) is 0 Å². The third-order valence-electron chi connectivity index (χ3n) is 12.4. The van der Waals surface area contributed by atoms with Crippen LogP contribution < -0.4 is 25.0 Å². The van der Waals surface area contributed by atoms with Gasteiger partial charge in [-0.1, -0.05) is 81.4 Å². The van der Waals surface area contributed by atoms with E-state index < -0.39 is 66.1 Å². The molecule has 2 heterocycles. The molecule has 312 valence electrons. The van der Waals surface area contributed by atoms with Crippen LogP contribution >= 0.6 is 0 Å². The topological polar surface area (TPSA) is 165 Å². The lowest BCUT2D eigenvalue weighted by molar-refractivity contribution is -0.151. The number of nitrogens with zero attached hydrogens (tertiary/aromatic N) is 4. The Kier molecular flexibility index (Phi) is 11.1. The van der Waals surface area contributed by atoms with Crippen LogP contribution in [0.25, 0.3) is 0 Å². The maximum Gasteiger partial charge on any atom is 0.320 e. The number of urea groups is 1. The number of rotatable bonds is 11. The molecule has 3 aliphatic carbocycles. The smallest absolute Gasteiger partial charge is 0.320 e. The van der Waals surface area contributed by atoms with Crippen LogP contribution in [0.5, 0.6) is 11.6 Å². The van der Waals surface area contributed by atoms with Crippen molar-refractivity contribution in [1.82, 2.24) is 20.4 Å². The Morgan fingerprint density at radius 1 is 0.932 bits per heavy atom. The average Bonchev–Trinajstić information content (AvgIpc) is 3.61. The number of benzene rings is 2. The van der Waals surface area contributed by atoms with Gasteiger partial charge in [0, 0.05) is 32.6 Å². The van der Waals surface area contributed by atoms with Crippen molar-refractivity contribution in [2.75, 3.05) is 45.5 Å². The van der Waals surface area contributed by atoms with E-state index in [1.54, 1.807) is 4.90 Å². The molecular formula is C44H54N6O8Si. The predicted octanol–water partition coefficient (Wildman–Crippen LogP) is 6.86. The van der Waals surface area contributed by atoms with Crippen molar-refractivity contribution in [3.8, 4) is 11.6 Å². The quantitative estimate of drug-likeness (QED) is 0.119. The van der Waals surface area contributed by atoms with Gasteiger partial charge in [0.2, 0.25) is 5.78 Å². The Balaban J connectivity index is 1.41. The predicted molar refractivity (Wildman–Crippen MR) is 225 cm³/mol. The molecule has 2 aromatic carbocycles. The lowest BCUT2D eigenvalue weighted by Crippen LogP contribution is -2.70. The molecule has 1 unspecified atom stereocenters. The zero-order valence-electron chi connectivity index (χ0n) is 35.5. The Morgan fingerprint density at radius 3 is 2.10 bits per heavy atom. The van der Waals surface area contributed by atoms with Gasteiger partial charge in [0.1, 0.15) is 24.6 Å². The molecule has 0 bridgehead atoms. The zero-order chi connectivity index (χ0) is 42.6. The molecule has 4 aromatic rings. The number of nitrogens with one attached hydrogen (secondary N) is 2. The molecule has 14 nitrogen and oxygen atoms in total. The summed E-state index contributed by atoms with van der Waals surface area (Å²) in [4.78, 5) is 68.5. The Hall–Kier alpha value is -5.38. The van der Waals surface area contributed by atoms with Crippen molar-refractivity contribution in [1.29, 1.82) is 0 Å². The molecule has 0 aliphatic heterocycles. The van der Waals surface area contributed by atoms with Gasteiger partial charge in [-0.05, 0) is 67.3 Å². The van der Waals surface area contributed by atoms with Crippen LogP contribution in [-0.2, 0) is 28.9 Å². The van der Waals surface area contributed by atoms with Crippen LogP contribution in [-0.4, -0.2) is 87.6 Å². The maximum absolute atomic E-state index is 16.0. The average molecular weight is 823 g/mol. The first-order chi connectivity index (χ1) is 27.9. The third-order valence-corrected chi connectivity index (χ3v) is 16.9. The summed E-state index contributed by atoms with van der Waals surface area (Å²) in [5, 5.41) is 9.16. The second kappa shape index (κ2) is 15.7. The molecule has 1 fully saturated rings. The fourth-order valence-electron chi connectivity index (χ4n) is 8.59. The number of amides is 2. The van der Waals surface area contributed by atoms with Gasteiger partial charge in [-0.15, -0.1) is 0 Å². The van der Waals surface area contributed by atoms with E-state index >= 15 is 14.4 Å². The second-order valence-electron chi connectivity index (χ2n) is 17.7. The number of carbonyl (C=O) groups is 4. The molecular weight excluding hydrogens is 769 g/mol. The van der Waals surface area contributed by atoms with Gasteiger partial charge < -0.3 is 28.6 Å². The van der Waals surface area contributed by atoms with Crippen LogP contribution in [0, 0.1) is 17.8 Å². The number of anilines is 2. The number of carbonyl (C=O) groups excluding carboxylic acids is 4. The summed E-state index contributed by atoms with van der Waals surface area (Å²) in [5.74, 6) is -3.49. The van der Waals surface area contributed by atoms with E-state index in [0.717, 1.165) is 11.1 Å². The molecule has 2 N–H and O–H groups in total. The number of pyridine rings is 1. The summed E-state index contributed by atoms with van der Waals surface area (Å²) in [6.45, 7) is 10.3. The molecule has 3 aliphatic rings. The summed E-state index contributed by atoms with van der Waals surface area (Å²) >= 11 is 0. The normalized spacial score (nSPS) is 22.5. The Morgan fingerprint density at radius 2 is 1.54 bits per heavy atom. The maximum atomic E-state index is 16.0. The number of hydrogen-bond acceptors (Lipinski definition) is 12.